The maximum atomic E-state index is 10.4. The highest BCUT2D eigenvalue weighted by Gasteiger charge is 2.06. The van der Waals surface area contributed by atoms with Gasteiger partial charge in [-0.15, -0.1) is 0 Å². The van der Waals surface area contributed by atoms with Gasteiger partial charge in [0.1, 0.15) is 22.9 Å². The second-order valence-corrected chi connectivity index (χ2v) is 4.52. The SMILES string of the molecule is O=C=Nc1cccnc1Oc1cccc(Oc2ccccc2)c1. The number of aromatic nitrogens is 1. The number of aliphatic imine (C=N–C) groups is 1. The average Bonchev–Trinajstić information content (AvgIpc) is 2.58. The summed E-state index contributed by atoms with van der Waals surface area (Å²) in [5, 5.41) is 0. The van der Waals surface area contributed by atoms with Crippen LogP contribution in [-0.2, 0) is 4.79 Å². The van der Waals surface area contributed by atoms with Crippen molar-refractivity contribution < 1.29 is 14.3 Å². The van der Waals surface area contributed by atoms with E-state index in [4.69, 9.17) is 9.47 Å². The fraction of sp³-hybridized carbons (Fsp3) is 0. The third-order valence-electron chi connectivity index (χ3n) is 2.92. The first-order valence-corrected chi connectivity index (χ1v) is 6.89. The van der Waals surface area contributed by atoms with Crippen LogP contribution in [0.1, 0.15) is 0 Å². The van der Waals surface area contributed by atoms with E-state index < -0.39 is 0 Å². The van der Waals surface area contributed by atoms with Gasteiger partial charge in [0.15, 0.2) is 0 Å². The van der Waals surface area contributed by atoms with Crippen molar-refractivity contribution >= 4 is 11.8 Å². The molecule has 5 heteroatoms. The Kier molecular flexibility index (Phi) is 4.43. The van der Waals surface area contributed by atoms with Gasteiger partial charge in [-0.2, -0.15) is 4.99 Å². The third kappa shape index (κ3) is 3.81. The summed E-state index contributed by atoms with van der Waals surface area (Å²) >= 11 is 0. The third-order valence-corrected chi connectivity index (χ3v) is 2.92. The molecule has 0 spiro atoms. The van der Waals surface area contributed by atoms with Gasteiger partial charge in [0, 0.05) is 12.3 Å². The minimum Gasteiger partial charge on any atom is -0.457 e. The van der Waals surface area contributed by atoms with Crippen molar-refractivity contribution in [1.82, 2.24) is 4.98 Å². The van der Waals surface area contributed by atoms with Gasteiger partial charge in [0.2, 0.25) is 12.0 Å². The minimum absolute atomic E-state index is 0.229. The van der Waals surface area contributed by atoms with E-state index in [1.54, 1.807) is 36.5 Å². The molecule has 0 fully saturated rings. The molecule has 3 rings (SSSR count). The van der Waals surface area contributed by atoms with Crippen LogP contribution >= 0.6 is 0 Å². The molecule has 3 aromatic rings. The van der Waals surface area contributed by atoms with Crippen LogP contribution in [0.25, 0.3) is 0 Å². The number of ether oxygens (including phenoxy) is 2. The normalized spacial score (nSPS) is 9.74. The molecule has 0 N–H and O–H groups in total. The summed E-state index contributed by atoms with van der Waals surface area (Å²) in [5.74, 6) is 2.12. The Labute approximate surface area is 132 Å². The Hall–Kier alpha value is -3.43. The first kappa shape index (κ1) is 14.5. The lowest BCUT2D eigenvalue weighted by molar-refractivity contribution is 0.450. The molecule has 0 saturated heterocycles. The summed E-state index contributed by atoms with van der Waals surface area (Å²) in [6.45, 7) is 0. The number of rotatable bonds is 5. The minimum atomic E-state index is 0.229. The molecule has 0 amide bonds. The molecule has 1 heterocycles. The number of hydrogen-bond acceptors (Lipinski definition) is 5. The zero-order valence-corrected chi connectivity index (χ0v) is 12.0. The smallest absolute Gasteiger partial charge is 0.246 e. The Morgan fingerprint density at radius 3 is 2.35 bits per heavy atom. The first-order chi connectivity index (χ1) is 11.3. The lowest BCUT2D eigenvalue weighted by atomic mass is 10.3. The van der Waals surface area contributed by atoms with Gasteiger partial charge in [-0.3, -0.25) is 0 Å². The quantitative estimate of drug-likeness (QED) is 0.509. The molecule has 0 saturated carbocycles. The van der Waals surface area contributed by atoms with Crippen LogP contribution in [0.4, 0.5) is 5.69 Å². The number of pyridine rings is 1. The largest absolute Gasteiger partial charge is 0.457 e. The monoisotopic (exact) mass is 304 g/mol. The fourth-order valence-electron chi connectivity index (χ4n) is 1.93. The molecule has 5 nitrogen and oxygen atoms in total. The maximum absolute atomic E-state index is 10.4. The number of hydrogen-bond donors (Lipinski definition) is 0. The summed E-state index contributed by atoms with van der Waals surface area (Å²) in [5.41, 5.74) is 0.317. The molecular weight excluding hydrogens is 292 g/mol. The van der Waals surface area contributed by atoms with Crippen molar-refractivity contribution in [2.75, 3.05) is 0 Å². The summed E-state index contributed by atoms with van der Waals surface area (Å²) in [7, 11) is 0. The molecule has 0 bridgehead atoms. The Bertz CT molecular complexity index is 844. The molecule has 0 radical (unpaired) electrons. The highest BCUT2D eigenvalue weighted by atomic mass is 16.5. The van der Waals surface area contributed by atoms with E-state index in [9.17, 15) is 4.79 Å². The van der Waals surface area contributed by atoms with E-state index in [1.165, 1.54) is 6.08 Å². The Morgan fingerprint density at radius 1 is 0.826 bits per heavy atom. The van der Waals surface area contributed by atoms with Gasteiger partial charge in [-0.05, 0) is 36.4 Å². The number of carbonyl (C=O) groups excluding carboxylic acids is 1. The summed E-state index contributed by atoms with van der Waals surface area (Å²) in [4.78, 5) is 18.1. The highest BCUT2D eigenvalue weighted by Crippen LogP contribution is 2.31. The van der Waals surface area contributed by atoms with Crippen molar-refractivity contribution in [1.29, 1.82) is 0 Å². The number of isocyanates is 1. The number of nitrogens with zero attached hydrogens (tertiary/aromatic N) is 2. The van der Waals surface area contributed by atoms with E-state index in [-0.39, 0.29) is 5.88 Å². The average molecular weight is 304 g/mol. The molecule has 2 aromatic carbocycles. The van der Waals surface area contributed by atoms with E-state index >= 15 is 0 Å². The van der Waals surface area contributed by atoms with Crippen molar-refractivity contribution in [3.8, 4) is 23.1 Å². The lowest BCUT2D eigenvalue weighted by Gasteiger charge is -2.09. The van der Waals surface area contributed by atoms with Crippen LogP contribution in [0.2, 0.25) is 0 Å². The molecule has 23 heavy (non-hydrogen) atoms. The van der Waals surface area contributed by atoms with Crippen molar-refractivity contribution in [2.24, 2.45) is 4.99 Å². The Balaban J connectivity index is 1.82. The fourth-order valence-corrected chi connectivity index (χ4v) is 1.93. The molecule has 0 unspecified atom stereocenters. The van der Waals surface area contributed by atoms with E-state index in [1.807, 2.05) is 36.4 Å². The van der Waals surface area contributed by atoms with Gasteiger partial charge in [-0.25, -0.2) is 9.78 Å². The molecule has 0 aliphatic rings. The summed E-state index contributed by atoms with van der Waals surface area (Å²) in [6.07, 6.45) is 3.04. The summed E-state index contributed by atoms with van der Waals surface area (Å²) < 4.78 is 11.4. The molecule has 0 aliphatic carbocycles. The maximum Gasteiger partial charge on any atom is 0.246 e. The molecular formula is C18H12N2O3. The van der Waals surface area contributed by atoms with Crippen LogP contribution in [0.15, 0.2) is 77.9 Å². The zero-order chi connectivity index (χ0) is 15.9. The Morgan fingerprint density at radius 2 is 1.57 bits per heavy atom. The first-order valence-electron chi connectivity index (χ1n) is 6.89. The van der Waals surface area contributed by atoms with Crippen molar-refractivity contribution in [3.05, 3.63) is 72.9 Å². The van der Waals surface area contributed by atoms with Crippen LogP contribution < -0.4 is 9.47 Å². The second-order valence-electron chi connectivity index (χ2n) is 4.52. The van der Waals surface area contributed by atoms with E-state index in [0.29, 0.717) is 17.2 Å². The standard InChI is InChI=1S/C18H12N2O3/c21-13-20-17-10-5-11-19-18(17)23-16-9-4-8-15(12-16)22-14-6-2-1-3-7-14/h1-12H. The van der Waals surface area contributed by atoms with Crippen molar-refractivity contribution in [3.63, 3.8) is 0 Å². The van der Waals surface area contributed by atoms with Crippen LogP contribution in [0, 0.1) is 0 Å². The topological polar surface area (TPSA) is 60.8 Å². The van der Waals surface area contributed by atoms with Gasteiger partial charge in [0.25, 0.3) is 0 Å². The summed E-state index contributed by atoms with van der Waals surface area (Å²) in [6, 6.07) is 19.9. The molecule has 0 aliphatic heterocycles. The van der Waals surface area contributed by atoms with Gasteiger partial charge in [-0.1, -0.05) is 24.3 Å². The van der Waals surface area contributed by atoms with E-state index in [0.717, 1.165) is 5.75 Å². The molecule has 112 valence electrons. The molecule has 1 aromatic heterocycles. The van der Waals surface area contributed by atoms with Crippen LogP contribution in [0.5, 0.6) is 23.1 Å². The predicted octanol–water partition coefficient (Wildman–Crippen LogP) is 4.63. The van der Waals surface area contributed by atoms with Crippen molar-refractivity contribution in [2.45, 2.75) is 0 Å². The lowest BCUT2D eigenvalue weighted by Crippen LogP contribution is -1.89. The van der Waals surface area contributed by atoms with Gasteiger partial charge in [0.05, 0.1) is 0 Å². The predicted molar refractivity (Wildman–Crippen MR) is 85.1 cm³/mol. The van der Waals surface area contributed by atoms with E-state index in [2.05, 4.69) is 9.98 Å². The highest BCUT2D eigenvalue weighted by molar-refractivity contribution is 5.55. The second kappa shape index (κ2) is 7.02. The van der Waals surface area contributed by atoms with Crippen LogP contribution in [0.3, 0.4) is 0 Å². The molecule has 0 atom stereocenters. The van der Waals surface area contributed by atoms with Crippen LogP contribution in [-0.4, -0.2) is 11.1 Å². The number of para-hydroxylation sites is 1. The number of benzene rings is 2. The van der Waals surface area contributed by atoms with Gasteiger partial charge >= 0.3 is 0 Å². The van der Waals surface area contributed by atoms with Gasteiger partial charge < -0.3 is 9.47 Å². The zero-order valence-electron chi connectivity index (χ0n) is 12.0.